The Bertz CT molecular complexity index is 746. The molecule has 1 atom stereocenters. The standard InChI is InChI=1S/C21H29N3O2S.HI/c1-15(19-12-7-13-27-19)24-21(22-2)23-14-16-8-6-11-18(25-3)20(16)26-17-9-4-5-10-17;/h6-8,11-13,15,17H,4-5,9-10,14H2,1-3H3,(H2,22,23,24);1H. The Kier molecular flexibility index (Phi) is 9.37. The fraction of sp³-hybridized carbons (Fsp3) is 0.476. The average Bonchev–Trinajstić information content (AvgIpc) is 3.39. The van der Waals surface area contributed by atoms with Crippen molar-refractivity contribution in [3.05, 3.63) is 46.2 Å². The van der Waals surface area contributed by atoms with E-state index >= 15 is 0 Å². The van der Waals surface area contributed by atoms with Crippen LogP contribution in [0.15, 0.2) is 40.7 Å². The van der Waals surface area contributed by atoms with Gasteiger partial charge in [0.2, 0.25) is 0 Å². The van der Waals surface area contributed by atoms with Crippen molar-refractivity contribution in [2.45, 2.75) is 51.3 Å². The molecule has 0 amide bonds. The number of rotatable bonds is 7. The van der Waals surface area contributed by atoms with Crippen LogP contribution in [0, 0.1) is 0 Å². The molecule has 0 bridgehead atoms. The molecule has 28 heavy (non-hydrogen) atoms. The summed E-state index contributed by atoms with van der Waals surface area (Å²) in [6.07, 6.45) is 5.00. The van der Waals surface area contributed by atoms with E-state index in [1.54, 1.807) is 25.5 Å². The largest absolute Gasteiger partial charge is 0.493 e. The van der Waals surface area contributed by atoms with E-state index in [0.717, 1.165) is 35.9 Å². The summed E-state index contributed by atoms with van der Waals surface area (Å²) in [5.41, 5.74) is 1.08. The molecule has 154 valence electrons. The van der Waals surface area contributed by atoms with Crippen LogP contribution in [0.1, 0.15) is 49.1 Å². The van der Waals surface area contributed by atoms with E-state index in [4.69, 9.17) is 9.47 Å². The van der Waals surface area contributed by atoms with E-state index in [1.165, 1.54) is 17.7 Å². The van der Waals surface area contributed by atoms with E-state index in [2.05, 4.69) is 46.1 Å². The van der Waals surface area contributed by atoms with Crippen molar-refractivity contribution in [2.24, 2.45) is 4.99 Å². The number of benzene rings is 1. The number of guanidine groups is 1. The second-order valence-electron chi connectivity index (χ2n) is 6.78. The Hall–Kier alpha value is -1.48. The van der Waals surface area contributed by atoms with Crippen molar-refractivity contribution in [3.8, 4) is 11.5 Å². The molecule has 1 aromatic heterocycles. The predicted octanol–water partition coefficient (Wildman–Crippen LogP) is 5.12. The Balaban J connectivity index is 0.00000280. The number of hydrogen-bond donors (Lipinski definition) is 2. The molecule has 1 aliphatic rings. The maximum absolute atomic E-state index is 6.31. The summed E-state index contributed by atoms with van der Waals surface area (Å²) in [7, 11) is 3.48. The van der Waals surface area contributed by atoms with Crippen molar-refractivity contribution >= 4 is 41.3 Å². The molecule has 1 aromatic carbocycles. The van der Waals surface area contributed by atoms with Crippen LogP contribution in [-0.4, -0.2) is 26.2 Å². The highest BCUT2D eigenvalue weighted by Gasteiger charge is 2.20. The van der Waals surface area contributed by atoms with Crippen LogP contribution < -0.4 is 20.1 Å². The van der Waals surface area contributed by atoms with E-state index in [-0.39, 0.29) is 36.1 Å². The first-order chi connectivity index (χ1) is 13.2. The van der Waals surface area contributed by atoms with Crippen LogP contribution >= 0.6 is 35.3 Å². The average molecular weight is 515 g/mol. The van der Waals surface area contributed by atoms with Crippen LogP contribution in [-0.2, 0) is 6.54 Å². The number of nitrogens with zero attached hydrogens (tertiary/aromatic N) is 1. The lowest BCUT2D eigenvalue weighted by atomic mass is 10.1. The highest BCUT2D eigenvalue weighted by Crippen LogP contribution is 2.34. The van der Waals surface area contributed by atoms with Gasteiger partial charge in [0.25, 0.3) is 0 Å². The molecule has 2 aromatic rings. The third-order valence-corrected chi connectivity index (χ3v) is 5.92. The van der Waals surface area contributed by atoms with E-state index in [1.807, 2.05) is 12.1 Å². The zero-order valence-corrected chi connectivity index (χ0v) is 19.9. The van der Waals surface area contributed by atoms with Crippen LogP contribution in [0.3, 0.4) is 0 Å². The fourth-order valence-electron chi connectivity index (χ4n) is 3.36. The summed E-state index contributed by atoms with van der Waals surface area (Å²) in [6.45, 7) is 2.76. The number of para-hydroxylation sites is 1. The Morgan fingerprint density at radius 3 is 2.68 bits per heavy atom. The topological polar surface area (TPSA) is 54.9 Å². The summed E-state index contributed by atoms with van der Waals surface area (Å²) in [4.78, 5) is 5.64. The Morgan fingerprint density at radius 1 is 1.25 bits per heavy atom. The monoisotopic (exact) mass is 515 g/mol. The van der Waals surface area contributed by atoms with Gasteiger partial charge in [-0.15, -0.1) is 35.3 Å². The molecular weight excluding hydrogens is 485 g/mol. The molecule has 1 heterocycles. The number of thiophene rings is 1. The fourth-order valence-corrected chi connectivity index (χ4v) is 4.09. The minimum absolute atomic E-state index is 0. The molecule has 0 aliphatic heterocycles. The van der Waals surface area contributed by atoms with Gasteiger partial charge >= 0.3 is 0 Å². The van der Waals surface area contributed by atoms with E-state index in [9.17, 15) is 0 Å². The van der Waals surface area contributed by atoms with Crippen LogP contribution in [0.4, 0.5) is 0 Å². The number of hydrogen-bond acceptors (Lipinski definition) is 4. The molecular formula is C21H30IN3O2S. The van der Waals surface area contributed by atoms with E-state index in [0.29, 0.717) is 6.54 Å². The van der Waals surface area contributed by atoms with Gasteiger partial charge in [-0.3, -0.25) is 4.99 Å². The number of ether oxygens (including phenoxy) is 2. The highest BCUT2D eigenvalue weighted by molar-refractivity contribution is 14.0. The van der Waals surface area contributed by atoms with Crippen LogP contribution in [0.25, 0.3) is 0 Å². The zero-order valence-electron chi connectivity index (χ0n) is 16.7. The maximum atomic E-state index is 6.31. The van der Waals surface area contributed by atoms with Gasteiger partial charge in [0.05, 0.1) is 19.3 Å². The summed E-state index contributed by atoms with van der Waals surface area (Å²) in [5, 5.41) is 8.93. The quantitative estimate of drug-likeness (QED) is 0.305. The summed E-state index contributed by atoms with van der Waals surface area (Å²) in [5.74, 6) is 2.41. The molecule has 1 aliphatic carbocycles. The van der Waals surface area contributed by atoms with Crippen molar-refractivity contribution in [1.29, 1.82) is 0 Å². The van der Waals surface area contributed by atoms with Crippen molar-refractivity contribution in [1.82, 2.24) is 10.6 Å². The number of aliphatic imine (C=N–C) groups is 1. The van der Waals surface area contributed by atoms with Gasteiger partial charge in [0.1, 0.15) is 0 Å². The molecule has 0 radical (unpaired) electrons. The van der Waals surface area contributed by atoms with Gasteiger partial charge in [-0.2, -0.15) is 0 Å². The smallest absolute Gasteiger partial charge is 0.191 e. The third kappa shape index (κ3) is 6.01. The maximum Gasteiger partial charge on any atom is 0.191 e. The summed E-state index contributed by atoms with van der Waals surface area (Å²) >= 11 is 1.74. The van der Waals surface area contributed by atoms with Crippen molar-refractivity contribution in [2.75, 3.05) is 14.2 Å². The molecule has 5 nitrogen and oxygen atoms in total. The zero-order chi connectivity index (χ0) is 19.1. The third-order valence-electron chi connectivity index (χ3n) is 4.86. The van der Waals surface area contributed by atoms with Crippen LogP contribution in [0.5, 0.6) is 11.5 Å². The molecule has 1 fully saturated rings. The second-order valence-corrected chi connectivity index (χ2v) is 7.76. The van der Waals surface area contributed by atoms with Gasteiger partial charge < -0.3 is 20.1 Å². The first-order valence-corrected chi connectivity index (χ1v) is 10.4. The molecule has 7 heteroatoms. The minimum atomic E-state index is 0. The van der Waals surface area contributed by atoms with Gasteiger partial charge in [0, 0.05) is 24.0 Å². The normalized spacial score (nSPS) is 15.6. The highest BCUT2D eigenvalue weighted by atomic mass is 127. The van der Waals surface area contributed by atoms with Gasteiger partial charge in [-0.05, 0) is 50.1 Å². The predicted molar refractivity (Wildman–Crippen MR) is 127 cm³/mol. The summed E-state index contributed by atoms with van der Waals surface area (Å²) in [6, 6.07) is 10.4. The van der Waals surface area contributed by atoms with Gasteiger partial charge in [-0.1, -0.05) is 18.2 Å². The minimum Gasteiger partial charge on any atom is -0.493 e. The molecule has 3 rings (SSSR count). The van der Waals surface area contributed by atoms with Crippen LogP contribution in [0.2, 0.25) is 0 Å². The Morgan fingerprint density at radius 2 is 2.04 bits per heavy atom. The molecule has 0 saturated heterocycles. The van der Waals surface area contributed by atoms with E-state index < -0.39 is 0 Å². The number of methoxy groups -OCH3 is 1. The number of nitrogens with one attached hydrogen (secondary N) is 2. The summed E-state index contributed by atoms with van der Waals surface area (Å²) < 4.78 is 11.9. The Labute approximate surface area is 189 Å². The first kappa shape index (κ1) is 22.8. The molecule has 0 spiro atoms. The van der Waals surface area contributed by atoms with Gasteiger partial charge in [0.15, 0.2) is 17.5 Å². The van der Waals surface area contributed by atoms with Gasteiger partial charge in [-0.25, -0.2) is 0 Å². The second kappa shape index (κ2) is 11.5. The lowest BCUT2D eigenvalue weighted by molar-refractivity contribution is 0.198. The molecule has 2 N–H and O–H groups in total. The molecule has 1 saturated carbocycles. The first-order valence-electron chi connectivity index (χ1n) is 9.54. The number of halogens is 1. The van der Waals surface area contributed by atoms with Crippen molar-refractivity contribution in [3.63, 3.8) is 0 Å². The SMILES string of the molecule is CN=C(NCc1cccc(OC)c1OC1CCCC1)NC(C)c1cccs1.I. The lowest BCUT2D eigenvalue weighted by Crippen LogP contribution is -2.38. The lowest BCUT2D eigenvalue weighted by Gasteiger charge is -2.21. The molecule has 1 unspecified atom stereocenters. The van der Waals surface area contributed by atoms with Crippen molar-refractivity contribution < 1.29 is 9.47 Å².